The molecule has 2 saturated carbocycles. The third-order valence-electron chi connectivity index (χ3n) is 4.98. The summed E-state index contributed by atoms with van der Waals surface area (Å²) >= 11 is 0. The Bertz CT molecular complexity index is 523. The first-order chi connectivity index (χ1) is 10.2. The zero-order valence-corrected chi connectivity index (χ0v) is 13.1. The van der Waals surface area contributed by atoms with E-state index >= 15 is 0 Å². The van der Waals surface area contributed by atoms with E-state index in [2.05, 4.69) is 15.5 Å². The highest BCUT2D eigenvalue weighted by Gasteiger charge is 2.43. The number of aryl methyl sites for hydroxylation is 2. The molecule has 4 nitrogen and oxygen atoms in total. The Morgan fingerprint density at radius 1 is 1.29 bits per heavy atom. The Labute approximate surface area is 126 Å². The maximum atomic E-state index is 12.5. The van der Waals surface area contributed by atoms with Crippen molar-refractivity contribution in [3.8, 4) is 0 Å². The summed E-state index contributed by atoms with van der Waals surface area (Å²) in [5.74, 6) is 1.59. The number of amides is 1. The van der Waals surface area contributed by atoms with Gasteiger partial charge in [-0.1, -0.05) is 39.0 Å². The van der Waals surface area contributed by atoms with Gasteiger partial charge in [-0.05, 0) is 37.7 Å². The van der Waals surface area contributed by atoms with Gasteiger partial charge in [0.1, 0.15) is 0 Å². The molecule has 3 rings (SSSR count). The van der Waals surface area contributed by atoms with Gasteiger partial charge in [-0.15, -0.1) is 0 Å². The molecule has 1 heterocycles. The topological polar surface area (TPSA) is 54.9 Å². The van der Waals surface area contributed by atoms with Gasteiger partial charge in [-0.2, -0.15) is 10.2 Å². The number of aromatic nitrogens is 2. The third kappa shape index (κ3) is 3.25. The van der Waals surface area contributed by atoms with Crippen molar-refractivity contribution in [2.24, 2.45) is 11.8 Å². The van der Waals surface area contributed by atoms with Crippen LogP contribution in [-0.2, 0) is 6.42 Å². The van der Waals surface area contributed by atoms with Gasteiger partial charge in [0, 0.05) is 6.04 Å². The van der Waals surface area contributed by atoms with Crippen molar-refractivity contribution in [3.63, 3.8) is 0 Å². The molecule has 0 aromatic carbocycles. The molecule has 2 fully saturated rings. The van der Waals surface area contributed by atoms with Crippen molar-refractivity contribution in [2.45, 2.75) is 64.8 Å². The van der Waals surface area contributed by atoms with E-state index in [0.29, 0.717) is 11.6 Å². The highest BCUT2D eigenvalue weighted by atomic mass is 16.1. The molecule has 21 heavy (non-hydrogen) atoms. The van der Waals surface area contributed by atoms with Gasteiger partial charge in [0.05, 0.1) is 17.0 Å². The summed E-state index contributed by atoms with van der Waals surface area (Å²) in [6, 6.07) is 2.25. The number of carbonyl (C=O) groups excluding carboxylic acids is 1. The number of nitrogens with zero attached hydrogens (tertiary/aromatic N) is 2. The summed E-state index contributed by atoms with van der Waals surface area (Å²) in [5, 5.41) is 11.4. The molecule has 2 aliphatic rings. The quantitative estimate of drug-likeness (QED) is 0.926. The van der Waals surface area contributed by atoms with Crippen LogP contribution in [0.1, 0.15) is 67.2 Å². The van der Waals surface area contributed by atoms with Gasteiger partial charge in [0.25, 0.3) is 5.91 Å². The highest BCUT2D eigenvalue weighted by Crippen LogP contribution is 2.44. The van der Waals surface area contributed by atoms with Gasteiger partial charge in [0.15, 0.2) is 0 Å². The predicted octanol–water partition coefficient (Wildman–Crippen LogP) is 3.05. The van der Waals surface area contributed by atoms with E-state index in [9.17, 15) is 4.79 Å². The second-order valence-corrected chi connectivity index (χ2v) is 6.58. The standard InChI is InChI=1S/C17H25N3O/c1-3-15-14(9-11(2)19-20-15)17(21)18-16-10-13(16)12-7-5-4-6-8-12/h9,12-13,16H,3-8,10H2,1-2H3,(H,18,21). The van der Waals surface area contributed by atoms with Crippen LogP contribution >= 0.6 is 0 Å². The van der Waals surface area contributed by atoms with Crippen molar-refractivity contribution in [3.05, 3.63) is 23.0 Å². The van der Waals surface area contributed by atoms with Crippen molar-refractivity contribution in [1.29, 1.82) is 0 Å². The average Bonchev–Trinajstić information content (AvgIpc) is 3.27. The maximum Gasteiger partial charge on any atom is 0.253 e. The van der Waals surface area contributed by atoms with E-state index in [1.807, 2.05) is 19.9 Å². The van der Waals surface area contributed by atoms with Crippen molar-refractivity contribution < 1.29 is 4.79 Å². The van der Waals surface area contributed by atoms with Crippen molar-refractivity contribution in [2.75, 3.05) is 0 Å². The van der Waals surface area contributed by atoms with E-state index < -0.39 is 0 Å². The molecule has 0 saturated heterocycles. The second-order valence-electron chi connectivity index (χ2n) is 6.58. The van der Waals surface area contributed by atoms with Crippen LogP contribution in [0.2, 0.25) is 0 Å². The molecule has 2 atom stereocenters. The molecule has 1 N–H and O–H groups in total. The first-order valence-corrected chi connectivity index (χ1v) is 8.33. The van der Waals surface area contributed by atoms with E-state index in [1.54, 1.807) is 0 Å². The summed E-state index contributed by atoms with van der Waals surface area (Å²) in [5.41, 5.74) is 2.31. The molecular formula is C17H25N3O. The normalized spacial score (nSPS) is 25.6. The lowest BCUT2D eigenvalue weighted by Gasteiger charge is -2.21. The number of carbonyl (C=O) groups is 1. The van der Waals surface area contributed by atoms with Crippen LogP contribution in [0.4, 0.5) is 0 Å². The Morgan fingerprint density at radius 2 is 2.05 bits per heavy atom. The lowest BCUT2D eigenvalue weighted by atomic mass is 9.85. The Morgan fingerprint density at radius 3 is 2.76 bits per heavy atom. The van der Waals surface area contributed by atoms with Gasteiger partial charge in [-0.3, -0.25) is 4.79 Å². The number of hydrogen-bond acceptors (Lipinski definition) is 3. The molecule has 114 valence electrons. The fraction of sp³-hybridized carbons (Fsp3) is 0.706. The lowest BCUT2D eigenvalue weighted by Crippen LogP contribution is -2.29. The molecule has 4 heteroatoms. The molecule has 0 bridgehead atoms. The molecule has 1 aromatic heterocycles. The molecular weight excluding hydrogens is 262 g/mol. The molecule has 1 amide bonds. The second kappa shape index (κ2) is 6.12. The summed E-state index contributed by atoms with van der Waals surface area (Å²) < 4.78 is 0. The Kier molecular flexibility index (Phi) is 4.22. The molecule has 0 radical (unpaired) electrons. The van der Waals surface area contributed by atoms with Gasteiger partial charge < -0.3 is 5.32 Å². The van der Waals surface area contributed by atoms with Crippen LogP contribution in [0, 0.1) is 18.8 Å². The van der Waals surface area contributed by atoms with Crippen LogP contribution in [0.5, 0.6) is 0 Å². The minimum Gasteiger partial charge on any atom is -0.349 e. The van der Waals surface area contributed by atoms with Crippen LogP contribution in [0.25, 0.3) is 0 Å². The SMILES string of the molecule is CCc1nnc(C)cc1C(=O)NC1CC1C1CCCCC1. The first-order valence-electron chi connectivity index (χ1n) is 8.33. The highest BCUT2D eigenvalue weighted by molar-refractivity contribution is 5.95. The van der Waals surface area contributed by atoms with Crippen LogP contribution < -0.4 is 5.32 Å². The van der Waals surface area contributed by atoms with E-state index in [1.165, 1.54) is 32.1 Å². The summed E-state index contributed by atoms with van der Waals surface area (Å²) in [6.07, 6.45) is 8.75. The average molecular weight is 287 g/mol. The molecule has 2 unspecified atom stereocenters. The number of rotatable bonds is 4. The largest absolute Gasteiger partial charge is 0.349 e. The van der Waals surface area contributed by atoms with E-state index in [0.717, 1.165) is 36.1 Å². The fourth-order valence-electron chi connectivity index (χ4n) is 3.68. The summed E-state index contributed by atoms with van der Waals surface area (Å²) in [6.45, 7) is 3.89. The van der Waals surface area contributed by atoms with Gasteiger partial charge >= 0.3 is 0 Å². The molecule has 2 aliphatic carbocycles. The van der Waals surface area contributed by atoms with E-state index in [4.69, 9.17) is 0 Å². The Hall–Kier alpha value is -1.45. The molecule has 0 aliphatic heterocycles. The van der Waals surface area contributed by atoms with Crippen molar-refractivity contribution in [1.82, 2.24) is 15.5 Å². The van der Waals surface area contributed by atoms with Crippen LogP contribution in [0.3, 0.4) is 0 Å². The van der Waals surface area contributed by atoms with Gasteiger partial charge in [-0.25, -0.2) is 0 Å². The Balaban J connectivity index is 1.61. The van der Waals surface area contributed by atoms with Crippen LogP contribution in [-0.4, -0.2) is 22.1 Å². The minimum absolute atomic E-state index is 0.0353. The predicted molar refractivity (Wildman–Crippen MR) is 82.1 cm³/mol. The smallest absolute Gasteiger partial charge is 0.253 e. The zero-order valence-electron chi connectivity index (χ0n) is 13.1. The maximum absolute atomic E-state index is 12.5. The monoisotopic (exact) mass is 287 g/mol. The first kappa shape index (κ1) is 14.5. The van der Waals surface area contributed by atoms with Crippen molar-refractivity contribution >= 4 is 5.91 Å². The van der Waals surface area contributed by atoms with E-state index in [-0.39, 0.29) is 5.91 Å². The third-order valence-corrected chi connectivity index (χ3v) is 4.98. The summed E-state index contributed by atoms with van der Waals surface area (Å²) in [7, 11) is 0. The summed E-state index contributed by atoms with van der Waals surface area (Å²) in [4.78, 5) is 12.5. The molecule has 1 aromatic rings. The zero-order chi connectivity index (χ0) is 14.8. The number of hydrogen-bond donors (Lipinski definition) is 1. The molecule has 0 spiro atoms. The van der Waals surface area contributed by atoms with Gasteiger partial charge in [0.2, 0.25) is 0 Å². The van der Waals surface area contributed by atoms with Crippen LogP contribution in [0.15, 0.2) is 6.07 Å². The lowest BCUT2D eigenvalue weighted by molar-refractivity contribution is 0.0945. The fourth-order valence-corrected chi connectivity index (χ4v) is 3.68. The minimum atomic E-state index is 0.0353. The number of nitrogens with one attached hydrogen (secondary N) is 1.